The van der Waals surface area contributed by atoms with Crippen LogP contribution in [0.3, 0.4) is 0 Å². The minimum atomic E-state index is -4.39. The number of hydrogen-bond donors (Lipinski definition) is 1. The number of alkyl halides is 3. The van der Waals surface area contributed by atoms with Crippen LogP contribution in [0.1, 0.15) is 29.2 Å². The van der Waals surface area contributed by atoms with E-state index in [1.807, 2.05) is 30.3 Å². The van der Waals surface area contributed by atoms with E-state index in [4.69, 9.17) is 0 Å². The van der Waals surface area contributed by atoms with Gasteiger partial charge in [-0.15, -0.1) is 0 Å². The van der Waals surface area contributed by atoms with E-state index in [1.54, 1.807) is 11.9 Å². The molecule has 0 saturated carbocycles. The molecule has 0 bridgehead atoms. The molecule has 156 valence electrons. The topological polar surface area (TPSA) is 43.8 Å². The predicted octanol–water partition coefficient (Wildman–Crippen LogP) is 3.51. The monoisotopic (exact) mass is 406 g/mol. The molecule has 0 spiro atoms. The highest BCUT2D eigenvalue weighted by Crippen LogP contribution is 2.29. The van der Waals surface area contributed by atoms with E-state index < -0.39 is 11.7 Å². The third-order valence-electron chi connectivity index (χ3n) is 5.36. The fourth-order valence-corrected chi connectivity index (χ4v) is 3.63. The molecule has 3 rings (SSSR count). The summed E-state index contributed by atoms with van der Waals surface area (Å²) in [5.74, 6) is -0.168. The zero-order valence-electron chi connectivity index (χ0n) is 16.3. The van der Waals surface area contributed by atoms with Gasteiger partial charge in [-0.3, -0.25) is 9.69 Å². The van der Waals surface area contributed by atoms with Crippen LogP contribution in [0.15, 0.2) is 54.6 Å². The van der Waals surface area contributed by atoms with Crippen LogP contribution >= 0.6 is 0 Å². The Morgan fingerprint density at radius 3 is 2.38 bits per heavy atom. The molecule has 1 N–H and O–H groups in total. The van der Waals surface area contributed by atoms with E-state index in [2.05, 4.69) is 4.90 Å². The van der Waals surface area contributed by atoms with Crippen molar-refractivity contribution in [2.45, 2.75) is 31.2 Å². The molecule has 2 aromatic carbocycles. The summed E-state index contributed by atoms with van der Waals surface area (Å²) in [5.41, 5.74) is 0.798. The number of β-amino-alcohol motifs (C(OH)–C–C–N with tert-alkyl or cyclic N) is 1. The molecule has 2 atom stereocenters. The Morgan fingerprint density at radius 2 is 1.83 bits per heavy atom. The smallest absolute Gasteiger partial charge is 0.392 e. The van der Waals surface area contributed by atoms with Crippen molar-refractivity contribution in [1.29, 1.82) is 0 Å². The van der Waals surface area contributed by atoms with Gasteiger partial charge < -0.3 is 10.0 Å². The molecular weight excluding hydrogens is 381 g/mol. The number of carbonyl (C=O) groups excluding carboxylic acids is 1. The van der Waals surface area contributed by atoms with Gasteiger partial charge in [0.05, 0.1) is 24.1 Å². The van der Waals surface area contributed by atoms with Crippen LogP contribution in [0.4, 0.5) is 13.2 Å². The van der Waals surface area contributed by atoms with E-state index in [0.717, 1.165) is 24.2 Å². The Labute approximate surface area is 168 Å². The van der Waals surface area contributed by atoms with Crippen molar-refractivity contribution in [3.8, 4) is 0 Å². The van der Waals surface area contributed by atoms with Crippen molar-refractivity contribution >= 4 is 5.91 Å². The van der Waals surface area contributed by atoms with Crippen molar-refractivity contribution in [3.63, 3.8) is 0 Å². The second kappa shape index (κ2) is 8.97. The average molecular weight is 406 g/mol. The van der Waals surface area contributed by atoms with Crippen molar-refractivity contribution in [3.05, 3.63) is 71.3 Å². The number of halogens is 3. The summed E-state index contributed by atoms with van der Waals surface area (Å²) >= 11 is 0. The van der Waals surface area contributed by atoms with Crippen LogP contribution in [0.2, 0.25) is 0 Å². The van der Waals surface area contributed by atoms with Gasteiger partial charge in [-0.2, -0.15) is 13.2 Å². The van der Waals surface area contributed by atoms with E-state index in [-0.39, 0.29) is 24.5 Å². The summed E-state index contributed by atoms with van der Waals surface area (Å²) < 4.78 is 38.2. The molecule has 1 heterocycles. The van der Waals surface area contributed by atoms with Gasteiger partial charge in [0.25, 0.3) is 0 Å². The summed E-state index contributed by atoms with van der Waals surface area (Å²) in [6.45, 7) is 1.94. The standard InChI is InChI=1S/C22H25F3N2O2/c1-26(21(29)13-16-7-9-18(10-8-16)22(23,24)25)20(17-5-3-2-4-6-17)15-27-12-11-19(28)14-27/h2-10,19-20,28H,11-15H2,1H3/t19-,20-/m1/s1. The summed E-state index contributed by atoms with van der Waals surface area (Å²) in [5, 5.41) is 9.80. The van der Waals surface area contributed by atoms with E-state index in [0.29, 0.717) is 25.1 Å². The molecule has 1 aliphatic heterocycles. The highest BCUT2D eigenvalue weighted by atomic mass is 19.4. The fourth-order valence-electron chi connectivity index (χ4n) is 3.63. The molecule has 1 fully saturated rings. The predicted molar refractivity (Wildman–Crippen MR) is 104 cm³/mol. The Kier molecular flexibility index (Phi) is 6.59. The minimum Gasteiger partial charge on any atom is -0.392 e. The second-order valence-corrected chi connectivity index (χ2v) is 7.50. The first kappa shape index (κ1) is 21.3. The van der Waals surface area contributed by atoms with Crippen LogP contribution in [-0.4, -0.2) is 53.6 Å². The van der Waals surface area contributed by atoms with Gasteiger partial charge in [-0.25, -0.2) is 0 Å². The number of nitrogens with zero attached hydrogens (tertiary/aromatic N) is 2. The molecule has 2 aromatic rings. The molecule has 4 nitrogen and oxygen atoms in total. The van der Waals surface area contributed by atoms with Crippen LogP contribution in [0.5, 0.6) is 0 Å². The number of benzene rings is 2. The van der Waals surface area contributed by atoms with Gasteiger partial charge in [0.15, 0.2) is 0 Å². The van der Waals surface area contributed by atoms with Gasteiger partial charge in [-0.1, -0.05) is 42.5 Å². The van der Waals surface area contributed by atoms with Gasteiger partial charge in [0.2, 0.25) is 5.91 Å². The Morgan fingerprint density at radius 1 is 1.17 bits per heavy atom. The summed E-state index contributed by atoms with van der Waals surface area (Å²) in [7, 11) is 1.72. The third-order valence-corrected chi connectivity index (χ3v) is 5.36. The quantitative estimate of drug-likeness (QED) is 0.799. The summed E-state index contributed by atoms with van der Waals surface area (Å²) in [6.07, 6.45) is -4.00. The number of amides is 1. The first-order chi connectivity index (χ1) is 13.7. The first-order valence-electron chi connectivity index (χ1n) is 9.61. The fraction of sp³-hybridized carbons (Fsp3) is 0.409. The van der Waals surface area contributed by atoms with Crippen molar-refractivity contribution in [2.75, 3.05) is 26.7 Å². The number of aliphatic hydroxyl groups excluding tert-OH is 1. The Balaban J connectivity index is 1.72. The second-order valence-electron chi connectivity index (χ2n) is 7.50. The first-order valence-corrected chi connectivity index (χ1v) is 9.61. The Bertz CT molecular complexity index is 809. The largest absolute Gasteiger partial charge is 0.416 e. The van der Waals surface area contributed by atoms with Gasteiger partial charge >= 0.3 is 6.18 Å². The van der Waals surface area contributed by atoms with Crippen LogP contribution < -0.4 is 0 Å². The number of aliphatic hydroxyl groups is 1. The lowest BCUT2D eigenvalue weighted by molar-refractivity contribution is -0.137. The summed E-state index contributed by atoms with van der Waals surface area (Å²) in [6, 6.07) is 14.1. The zero-order chi connectivity index (χ0) is 21.0. The van der Waals surface area contributed by atoms with Crippen molar-refractivity contribution in [2.24, 2.45) is 0 Å². The van der Waals surface area contributed by atoms with Crippen LogP contribution in [-0.2, 0) is 17.4 Å². The number of likely N-dealkylation sites (N-methyl/N-ethyl adjacent to an activating group) is 1. The number of hydrogen-bond acceptors (Lipinski definition) is 3. The lowest BCUT2D eigenvalue weighted by Gasteiger charge is -2.32. The normalized spacial score (nSPS) is 18.6. The number of carbonyl (C=O) groups is 1. The van der Waals surface area contributed by atoms with E-state index in [9.17, 15) is 23.1 Å². The van der Waals surface area contributed by atoms with E-state index >= 15 is 0 Å². The maximum atomic E-state index is 12.9. The van der Waals surface area contributed by atoms with E-state index in [1.165, 1.54) is 12.1 Å². The maximum absolute atomic E-state index is 12.9. The van der Waals surface area contributed by atoms with Crippen LogP contribution in [0, 0.1) is 0 Å². The molecule has 1 amide bonds. The highest BCUT2D eigenvalue weighted by Gasteiger charge is 2.31. The van der Waals surface area contributed by atoms with Gasteiger partial charge in [0.1, 0.15) is 0 Å². The molecular formula is C22H25F3N2O2. The Hall–Kier alpha value is -2.38. The van der Waals surface area contributed by atoms with Crippen LogP contribution in [0.25, 0.3) is 0 Å². The van der Waals surface area contributed by atoms with Crippen molar-refractivity contribution < 1.29 is 23.1 Å². The lowest BCUT2D eigenvalue weighted by Crippen LogP contribution is -2.39. The summed E-state index contributed by atoms with van der Waals surface area (Å²) in [4.78, 5) is 16.7. The van der Waals surface area contributed by atoms with Gasteiger partial charge in [0, 0.05) is 26.7 Å². The average Bonchev–Trinajstić information content (AvgIpc) is 3.11. The zero-order valence-corrected chi connectivity index (χ0v) is 16.3. The molecule has 0 radical (unpaired) electrons. The molecule has 0 aliphatic carbocycles. The SMILES string of the molecule is CN(C(=O)Cc1ccc(C(F)(F)F)cc1)[C@H](CN1CC[C@@H](O)C1)c1ccccc1. The minimum absolute atomic E-state index is 0.0284. The number of likely N-dealkylation sites (tertiary alicyclic amines) is 1. The lowest BCUT2D eigenvalue weighted by atomic mass is 10.0. The molecule has 0 aromatic heterocycles. The van der Waals surface area contributed by atoms with Crippen molar-refractivity contribution in [1.82, 2.24) is 9.80 Å². The molecule has 1 saturated heterocycles. The van der Waals surface area contributed by atoms with Gasteiger partial charge in [-0.05, 0) is 29.7 Å². The molecule has 7 heteroatoms. The maximum Gasteiger partial charge on any atom is 0.416 e. The molecule has 0 unspecified atom stereocenters. The third kappa shape index (κ3) is 5.58. The number of rotatable bonds is 6. The molecule has 1 aliphatic rings. The molecule has 29 heavy (non-hydrogen) atoms. The highest BCUT2D eigenvalue weighted by molar-refractivity contribution is 5.79.